The molecule has 0 aliphatic carbocycles. The molecule has 1 N–H and O–H groups in total. The molecule has 6 heteroatoms. The number of aromatic carboxylic acids is 1. The number of hydrogen-bond donors (Lipinski definition) is 1. The van der Waals surface area contributed by atoms with Crippen LogP contribution in [0.25, 0.3) is 5.69 Å². The predicted octanol–water partition coefficient (Wildman–Crippen LogP) is 1.23. The van der Waals surface area contributed by atoms with Crippen molar-refractivity contribution >= 4 is 5.97 Å². The number of nitrogens with zero attached hydrogens (tertiary/aromatic N) is 4. The van der Waals surface area contributed by atoms with E-state index in [1.54, 1.807) is 29.8 Å². The van der Waals surface area contributed by atoms with Crippen LogP contribution in [0.5, 0.6) is 0 Å². The maximum atomic E-state index is 11.0. The third-order valence-electron chi connectivity index (χ3n) is 2.61. The van der Waals surface area contributed by atoms with Gasteiger partial charge in [0, 0.05) is 6.42 Å². The van der Waals surface area contributed by atoms with Crippen LogP contribution in [0.4, 0.5) is 0 Å². The van der Waals surface area contributed by atoms with E-state index in [0.717, 1.165) is 0 Å². The van der Waals surface area contributed by atoms with E-state index in [0.29, 0.717) is 23.5 Å². The van der Waals surface area contributed by atoms with Gasteiger partial charge in [-0.15, -0.1) is 5.10 Å². The molecule has 1 aromatic heterocycles. The quantitative estimate of drug-likeness (QED) is 0.860. The van der Waals surface area contributed by atoms with Crippen LogP contribution < -0.4 is 0 Å². The molecule has 17 heavy (non-hydrogen) atoms. The highest BCUT2D eigenvalue weighted by Gasteiger charge is 2.14. The number of benzene rings is 1. The van der Waals surface area contributed by atoms with Gasteiger partial charge < -0.3 is 5.11 Å². The predicted molar refractivity (Wildman–Crippen MR) is 60.2 cm³/mol. The molecule has 0 atom stereocenters. The molecule has 0 radical (unpaired) electrons. The van der Waals surface area contributed by atoms with Crippen molar-refractivity contribution in [3.05, 3.63) is 35.2 Å². The minimum atomic E-state index is -0.949. The molecule has 1 aromatic carbocycles. The fraction of sp³-hybridized carbons (Fsp3) is 0.273. The van der Waals surface area contributed by atoms with Crippen molar-refractivity contribution in [2.24, 2.45) is 0 Å². The van der Waals surface area contributed by atoms with E-state index in [-0.39, 0.29) is 5.56 Å². The van der Waals surface area contributed by atoms with E-state index in [1.807, 2.05) is 6.92 Å². The highest BCUT2D eigenvalue weighted by molar-refractivity contribution is 5.90. The molecular formula is C11H12N4O2. The van der Waals surface area contributed by atoms with E-state index in [4.69, 9.17) is 5.11 Å². The summed E-state index contributed by atoms with van der Waals surface area (Å²) >= 11 is 0. The molecular weight excluding hydrogens is 220 g/mol. The number of rotatable bonds is 3. The first-order valence-electron chi connectivity index (χ1n) is 5.25. The topological polar surface area (TPSA) is 80.9 Å². The number of carboxylic acids is 1. The summed E-state index contributed by atoms with van der Waals surface area (Å²) in [5, 5.41) is 20.4. The minimum Gasteiger partial charge on any atom is -0.478 e. The molecule has 0 unspecified atom stereocenters. The maximum absolute atomic E-state index is 11.0. The Hall–Kier alpha value is -2.24. The van der Waals surface area contributed by atoms with Crippen LogP contribution in [0.15, 0.2) is 18.2 Å². The van der Waals surface area contributed by atoms with Crippen molar-refractivity contribution < 1.29 is 9.90 Å². The molecule has 0 bridgehead atoms. The first-order valence-corrected chi connectivity index (χ1v) is 5.25. The van der Waals surface area contributed by atoms with Crippen LogP contribution in [-0.2, 0) is 6.42 Å². The number of aryl methyl sites for hydroxylation is 1. The second kappa shape index (κ2) is 4.32. The standard InChI is InChI=1S/C11H12N4O2/c1-3-10-12-13-14-15(10)9-6-4-5-8(7(9)2)11(16)17/h4-6H,3H2,1-2H3,(H,16,17). The molecule has 6 nitrogen and oxygen atoms in total. The monoisotopic (exact) mass is 232 g/mol. The van der Waals surface area contributed by atoms with Gasteiger partial charge in [0.15, 0.2) is 5.82 Å². The van der Waals surface area contributed by atoms with Crippen molar-refractivity contribution in [2.45, 2.75) is 20.3 Å². The summed E-state index contributed by atoms with van der Waals surface area (Å²) in [4.78, 5) is 11.0. The maximum Gasteiger partial charge on any atom is 0.336 e. The molecule has 0 saturated heterocycles. The SMILES string of the molecule is CCc1nnnn1-c1cccc(C(=O)O)c1C. The van der Waals surface area contributed by atoms with E-state index in [9.17, 15) is 4.79 Å². The third kappa shape index (κ3) is 1.89. The smallest absolute Gasteiger partial charge is 0.336 e. The highest BCUT2D eigenvalue weighted by Crippen LogP contribution is 2.18. The highest BCUT2D eigenvalue weighted by atomic mass is 16.4. The van der Waals surface area contributed by atoms with Gasteiger partial charge in [-0.05, 0) is 35.0 Å². The number of aromatic nitrogens is 4. The third-order valence-corrected chi connectivity index (χ3v) is 2.61. The van der Waals surface area contributed by atoms with E-state index >= 15 is 0 Å². The van der Waals surface area contributed by atoms with E-state index < -0.39 is 5.97 Å². The Bertz CT molecular complexity index is 562. The van der Waals surface area contributed by atoms with Crippen molar-refractivity contribution in [2.75, 3.05) is 0 Å². The average molecular weight is 232 g/mol. The van der Waals surface area contributed by atoms with Crippen LogP contribution in [-0.4, -0.2) is 31.3 Å². The summed E-state index contributed by atoms with van der Waals surface area (Å²) in [5.74, 6) is -0.244. The normalized spacial score (nSPS) is 10.5. The summed E-state index contributed by atoms with van der Waals surface area (Å²) < 4.78 is 1.57. The van der Waals surface area contributed by atoms with Gasteiger partial charge in [0.05, 0.1) is 11.3 Å². The average Bonchev–Trinajstić information content (AvgIpc) is 2.76. The Morgan fingerprint density at radius 1 is 1.47 bits per heavy atom. The van der Waals surface area contributed by atoms with Gasteiger partial charge in [-0.2, -0.15) is 4.68 Å². The molecule has 0 saturated carbocycles. The Balaban J connectivity index is 2.60. The zero-order valence-electron chi connectivity index (χ0n) is 9.58. The zero-order valence-corrected chi connectivity index (χ0v) is 9.58. The number of carbonyl (C=O) groups is 1. The summed E-state index contributed by atoms with van der Waals surface area (Å²) in [5.41, 5.74) is 1.62. The van der Waals surface area contributed by atoms with Crippen molar-refractivity contribution in [1.29, 1.82) is 0 Å². The van der Waals surface area contributed by atoms with Crippen LogP contribution in [0.2, 0.25) is 0 Å². The van der Waals surface area contributed by atoms with Crippen LogP contribution in [0.3, 0.4) is 0 Å². The van der Waals surface area contributed by atoms with E-state index in [1.165, 1.54) is 0 Å². The molecule has 0 amide bonds. The van der Waals surface area contributed by atoms with Crippen LogP contribution in [0.1, 0.15) is 28.7 Å². The van der Waals surface area contributed by atoms with Gasteiger partial charge in [-0.3, -0.25) is 0 Å². The fourth-order valence-corrected chi connectivity index (χ4v) is 1.70. The first-order chi connectivity index (χ1) is 8.15. The molecule has 0 fully saturated rings. The Kier molecular flexibility index (Phi) is 2.86. The lowest BCUT2D eigenvalue weighted by Crippen LogP contribution is -2.08. The number of tetrazole rings is 1. The van der Waals surface area contributed by atoms with Gasteiger partial charge in [0.1, 0.15) is 0 Å². The fourth-order valence-electron chi connectivity index (χ4n) is 1.70. The van der Waals surface area contributed by atoms with Gasteiger partial charge in [0.2, 0.25) is 0 Å². The Morgan fingerprint density at radius 3 is 2.88 bits per heavy atom. The number of carboxylic acid groups (broad SMARTS) is 1. The molecule has 1 heterocycles. The molecule has 88 valence electrons. The van der Waals surface area contributed by atoms with Gasteiger partial charge in [0.25, 0.3) is 0 Å². The lowest BCUT2D eigenvalue weighted by Gasteiger charge is -2.08. The molecule has 2 aromatic rings. The molecule has 0 spiro atoms. The Labute approximate surface area is 97.9 Å². The van der Waals surface area contributed by atoms with Crippen molar-refractivity contribution in [1.82, 2.24) is 20.2 Å². The summed E-state index contributed by atoms with van der Waals surface area (Å²) in [6.45, 7) is 3.69. The van der Waals surface area contributed by atoms with Crippen LogP contribution in [0, 0.1) is 6.92 Å². The molecule has 0 aliphatic heterocycles. The van der Waals surface area contributed by atoms with Crippen molar-refractivity contribution in [3.8, 4) is 5.69 Å². The lowest BCUT2D eigenvalue weighted by atomic mass is 10.1. The lowest BCUT2D eigenvalue weighted by molar-refractivity contribution is 0.0696. The summed E-state index contributed by atoms with van der Waals surface area (Å²) in [6.07, 6.45) is 0.684. The Morgan fingerprint density at radius 2 is 2.24 bits per heavy atom. The second-order valence-electron chi connectivity index (χ2n) is 3.62. The minimum absolute atomic E-state index is 0.264. The van der Waals surface area contributed by atoms with Crippen molar-refractivity contribution in [3.63, 3.8) is 0 Å². The van der Waals surface area contributed by atoms with Gasteiger partial charge in [-0.25, -0.2) is 4.79 Å². The second-order valence-corrected chi connectivity index (χ2v) is 3.62. The van der Waals surface area contributed by atoms with Crippen LogP contribution >= 0.6 is 0 Å². The summed E-state index contributed by atoms with van der Waals surface area (Å²) in [6, 6.07) is 5.06. The largest absolute Gasteiger partial charge is 0.478 e. The van der Waals surface area contributed by atoms with Gasteiger partial charge >= 0.3 is 5.97 Å². The number of hydrogen-bond acceptors (Lipinski definition) is 4. The first kappa shape index (κ1) is 11.3. The van der Waals surface area contributed by atoms with E-state index in [2.05, 4.69) is 15.5 Å². The molecule has 2 rings (SSSR count). The van der Waals surface area contributed by atoms with Gasteiger partial charge in [-0.1, -0.05) is 13.0 Å². The molecule has 0 aliphatic rings. The zero-order chi connectivity index (χ0) is 12.4. The summed E-state index contributed by atoms with van der Waals surface area (Å²) in [7, 11) is 0.